The van der Waals surface area contributed by atoms with Crippen LogP contribution in [0.1, 0.15) is 72.5 Å². The van der Waals surface area contributed by atoms with Crippen LogP contribution in [-0.4, -0.2) is 91.5 Å². The molecule has 3 saturated heterocycles. The molecular weight excluding hydrogens is 739 g/mol. The van der Waals surface area contributed by atoms with E-state index >= 15 is 14.4 Å². The lowest BCUT2D eigenvalue weighted by molar-refractivity contribution is -0.179. The van der Waals surface area contributed by atoms with Gasteiger partial charge in [0.2, 0.25) is 11.8 Å². The summed E-state index contributed by atoms with van der Waals surface area (Å²) in [7, 11) is 1.49. The number of ether oxygens (including phenoxy) is 4. The molecule has 4 aromatic carbocycles. The molecule has 3 fully saturated rings. The lowest BCUT2D eigenvalue weighted by Gasteiger charge is -2.46. The van der Waals surface area contributed by atoms with Crippen molar-refractivity contribution >= 4 is 29.6 Å². The molecule has 0 saturated carbocycles. The van der Waals surface area contributed by atoms with Crippen LogP contribution in [0.5, 0.6) is 5.75 Å². The Balaban J connectivity index is 1.45. The maximum Gasteiger partial charge on any atom is 0.421 e. The maximum absolute atomic E-state index is 16.1. The average Bonchev–Trinajstić information content (AvgIpc) is 3.69. The van der Waals surface area contributed by atoms with Crippen LogP contribution in [0, 0.1) is 5.92 Å². The maximum atomic E-state index is 16.1. The Labute approximate surface area is 338 Å². The summed E-state index contributed by atoms with van der Waals surface area (Å²) in [5, 5.41) is 9.95. The summed E-state index contributed by atoms with van der Waals surface area (Å²) in [5.74, 6) is -2.66. The van der Waals surface area contributed by atoms with Crippen molar-refractivity contribution in [3.05, 3.63) is 131 Å². The number of benzene rings is 4. The van der Waals surface area contributed by atoms with Crippen molar-refractivity contribution in [2.75, 3.05) is 51.5 Å². The lowest BCUT2D eigenvalue weighted by Crippen LogP contribution is -2.56. The van der Waals surface area contributed by atoms with Gasteiger partial charge < -0.3 is 29.0 Å². The van der Waals surface area contributed by atoms with Gasteiger partial charge in [0.1, 0.15) is 36.5 Å². The molecule has 4 aromatic rings. The van der Waals surface area contributed by atoms with Crippen LogP contribution in [0.25, 0.3) is 0 Å². The van der Waals surface area contributed by atoms with Crippen LogP contribution >= 0.6 is 0 Å². The minimum Gasteiger partial charge on any atom is -0.491 e. The molecule has 58 heavy (non-hydrogen) atoms. The van der Waals surface area contributed by atoms with Crippen molar-refractivity contribution in [1.29, 1.82) is 0 Å². The molecule has 0 radical (unpaired) electrons. The van der Waals surface area contributed by atoms with Crippen LogP contribution in [0.4, 0.5) is 10.5 Å². The van der Waals surface area contributed by atoms with Crippen LogP contribution in [0.2, 0.25) is 0 Å². The Hall–Kier alpha value is -5.56. The van der Waals surface area contributed by atoms with Gasteiger partial charge in [-0.25, -0.2) is 9.69 Å². The zero-order valence-electron chi connectivity index (χ0n) is 32.6. The number of rotatable bonds is 10. The number of likely N-dealkylation sites (tertiary alicyclic amines) is 1. The number of cyclic esters (lactones) is 1. The number of hydrogen-bond donors (Lipinski definition) is 1. The molecular formula is C46H49N3O9. The van der Waals surface area contributed by atoms with E-state index in [9.17, 15) is 9.90 Å². The van der Waals surface area contributed by atoms with Crippen LogP contribution in [0.3, 0.4) is 0 Å². The van der Waals surface area contributed by atoms with Crippen molar-refractivity contribution in [3.63, 3.8) is 0 Å². The number of methoxy groups -OCH3 is 1. The fourth-order valence-electron chi connectivity index (χ4n) is 9.73. The van der Waals surface area contributed by atoms with Crippen LogP contribution < -0.4 is 9.64 Å². The fraction of sp³-hybridized carbons (Fsp3) is 0.391. The largest absolute Gasteiger partial charge is 0.491 e. The van der Waals surface area contributed by atoms with Gasteiger partial charge in [0.15, 0.2) is 0 Å². The van der Waals surface area contributed by atoms with E-state index in [1.807, 2.05) is 82.6 Å². The minimum absolute atomic E-state index is 0.0461. The van der Waals surface area contributed by atoms with E-state index in [-0.39, 0.29) is 38.0 Å². The predicted molar refractivity (Wildman–Crippen MR) is 214 cm³/mol. The van der Waals surface area contributed by atoms with Crippen molar-refractivity contribution in [2.24, 2.45) is 5.92 Å². The number of amides is 3. The summed E-state index contributed by atoms with van der Waals surface area (Å²) >= 11 is 0. The number of nitrogens with zero attached hydrogens (tertiary/aromatic N) is 3. The van der Waals surface area contributed by atoms with Gasteiger partial charge in [-0.2, -0.15) is 0 Å². The SMILES string of the molecule is COCCOC(=O)N1C(=O)[C@@]2(c3ccccc31)[C@H](C(=O)N1CCCCCCC1)[C@H]1C(=O)O[C@H](c3ccccc3)[C@H](c3ccccc3)N1[C@@H]2c1ccccc1OCCO. The summed E-state index contributed by atoms with van der Waals surface area (Å²) < 4.78 is 23.6. The highest BCUT2D eigenvalue weighted by atomic mass is 16.6. The molecule has 0 aliphatic carbocycles. The summed E-state index contributed by atoms with van der Waals surface area (Å²) in [6, 6.07) is 30.3. The molecule has 4 aliphatic heterocycles. The summed E-state index contributed by atoms with van der Waals surface area (Å²) in [6.45, 7) is 0.598. The number of hydrogen-bond acceptors (Lipinski definition) is 10. The smallest absolute Gasteiger partial charge is 0.421 e. The molecule has 0 aromatic heterocycles. The number of imide groups is 1. The molecule has 302 valence electrons. The monoisotopic (exact) mass is 787 g/mol. The van der Waals surface area contributed by atoms with E-state index < -0.39 is 53.5 Å². The molecule has 12 nitrogen and oxygen atoms in total. The molecule has 0 unspecified atom stereocenters. The van der Waals surface area contributed by atoms with Crippen molar-refractivity contribution < 1.29 is 43.2 Å². The first kappa shape index (κ1) is 39.3. The van der Waals surface area contributed by atoms with Gasteiger partial charge in [0.05, 0.1) is 36.9 Å². The topological polar surface area (TPSA) is 135 Å². The van der Waals surface area contributed by atoms with Crippen LogP contribution in [0.15, 0.2) is 109 Å². The highest BCUT2D eigenvalue weighted by Crippen LogP contribution is 2.66. The van der Waals surface area contributed by atoms with E-state index in [1.54, 1.807) is 36.4 Å². The number of morpholine rings is 1. The second kappa shape index (κ2) is 17.1. The zero-order chi connectivity index (χ0) is 40.2. The summed E-state index contributed by atoms with van der Waals surface area (Å²) in [4.78, 5) is 66.2. The highest BCUT2D eigenvalue weighted by Gasteiger charge is 2.76. The third-order valence-electron chi connectivity index (χ3n) is 12.1. The van der Waals surface area contributed by atoms with Gasteiger partial charge in [-0.05, 0) is 41.7 Å². The molecule has 3 amide bonds. The first-order valence-corrected chi connectivity index (χ1v) is 20.2. The Kier molecular flexibility index (Phi) is 11.6. The first-order chi connectivity index (χ1) is 28.4. The number of aliphatic hydroxyl groups is 1. The van der Waals surface area contributed by atoms with E-state index in [4.69, 9.17) is 18.9 Å². The molecule has 12 heteroatoms. The van der Waals surface area contributed by atoms with Crippen molar-refractivity contribution in [3.8, 4) is 5.75 Å². The number of carbonyl (C=O) groups excluding carboxylic acids is 4. The third-order valence-corrected chi connectivity index (χ3v) is 12.1. The number of fused-ring (bicyclic) bond motifs is 3. The number of aliphatic hydroxyl groups excluding tert-OH is 1. The molecule has 4 heterocycles. The average molecular weight is 788 g/mol. The first-order valence-electron chi connectivity index (χ1n) is 20.2. The second-order valence-corrected chi connectivity index (χ2v) is 15.2. The van der Waals surface area contributed by atoms with E-state index in [1.165, 1.54) is 7.11 Å². The molecule has 8 rings (SSSR count). The van der Waals surface area contributed by atoms with Crippen molar-refractivity contribution in [2.45, 2.75) is 61.7 Å². The zero-order valence-corrected chi connectivity index (χ0v) is 32.6. The molecule has 1 N–H and O–H groups in total. The van der Waals surface area contributed by atoms with E-state index in [2.05, 4.69) is 0 Å². The molecule has 0 bridgehead atoms. The van der Waals surface area contributed by atoms with Crippen LogP contribution in [-0.2, 0) is 34.0 Å². The Bertz CT molecular complexity index is 2110. The Morgan fingerprint density at radius 3 is 2.10 bits per heavy atom. The third kappa shape index (κ3) is 6.72. The fourth-order valence-corrected chi connectivity index (χ4v) is 9.73. The normalized spacial score (nSPS) is 25.7. The van der Waals surface area contributed by atoms with Crippen molar-refractivity contribution in [1.82, 2.24) is 9.80 Å². The highest BCUT2D eigenvalue weighted by molar-refractivity contribution is 6.23. The quantitative estimate of drug-likeness (QED) is 0.144. The number of anilines is 1. The molecule has 6 atom stereocenters. The predicted octanol–water partition coefficient (Wildman–Crippen LogP) is 6.30. The van der Waals surface area contributed by atoms with E-state index in [0.29, 0.717) is 30.0 Å². The van der Waals surface area contributed by atoms with Gasteiger partial charge in [-0.3, -0.25) is 19.3 Å². The summed E-state index contributed by atoms with van der Waals surface area (Å²) in [5.41, 5.74) is 0.864. The van der Waals surface area contributed by atoms with E-state index in [0.717, 1.165) is 48.1 Å². The van der Waals surface area contributed by atoms with Gasteiger partial charge in [0.25, 0.3) is 0 Å². The lowest BCUT2D eigenvalue weighted by atomic mass is 9.65. The van der Waals surface area contributed by atoms with Gasteiger partial charge in [-0.15, -0.1) is 0 Å². The van der Waals surface area contributed by atoms with Gasteiger partial charge in [0, 0.05) is 25.8 Å². The van der Waals surface area contributed by atoms with Gasteiger partial charge in [-0.1, -0.05) is 116 Å². The number of para-hydroxylation sites is 2. The van der Waals surface area contributed by atoms with Gasteiger partial charge >= 0.3 is 12.1 Å². The number of carbonyl (C=O) groups is 4. The molecule has 1 spiro atoms. The minimum atomic E-state index is -1.88. The second-order valence-electron chi connectivity index (χ2n) is 15.2. The summed E-state index contributed by atoms with van der Waals surface area (Å²) in [6.07, 6.45) is 2.75. The number of esters is 1. The molecule has 4 aliphatic rings. The Morgan fingerprint density at radius 1 is 0.759 bits per heavy atom. The standard InChI is InChI=1S/C46H49N3O9/c1-55-29-30-57-45(54)48-35-23-13-12-22-34(35)46(44(48)53)37(42(51)47-25-15-3-2-4-16-26-47)39-43(52)58-40(32-19-9-6-10-20-32)38(31-17-7-5-8-18-31)49(39)41(46)33-21-11-14-24-36(33)56-28-27-50/h5-14,17-24,37-41,50H,2-4,15-16,25-30H2,1H3/t37-,38-,39-,40+,41+,46-/m0/s1. The Morgan fingerprint density at radius 2 is 1.40 bits per heavy atom.